The lowest BCUT2D eigenvalue weighted by Crippen LogP contribution is -2.43. The Labute approximate surface area is 164 Å². The van der Waals surface area contributed by atoms with Crippen molar-refractivity contribution < 1.29 is 14.4 Å². The van der Waals surface area contributed by atoms with E-state index in [9.17, 15) is 10.1 Å². The van der Waals surface area contributed by atoms with E-state index in [0.717, 1.165) is 37.4 Å². The first-order chi connectivity index (χ1) is 13.5. The molecule has 2 aromatic carbocycles. The molecule has 8 heteroatoms. The summed E-state index contributed by atoms with van der Waals surface area (Å²) in [6.45, 7) is 5.51. The molecule has 1 fully saturated rings. The number of methoxy groups -OCH3 is 2. The van der Waals surface area contributed by atoms with Crippen LogP contribution in [0.2, 0.25) is 0 Å². The van der Waals surface area contributed by atoms with Crippen molar-refractivity contribution in [3.8, 4) is 11.5 Å². The Kier molecular flexibility index (Phi) is 6.20. The van der Waals surface area contributed by atoms with Crippen molar-refractivity contribution in [1.82, 2.24) is 5.32 Å². The first kappa shape index (κ1) is 19.8. The Hall–Kier alpha value is -3.00. The number of nitrogens with one attached hydrogen (secondary N) is 2. The fourth-order valence-corrected chi connectivity index (χ4v) is 3.31. The number of ether oxygens (including phenoxy) is 2. The maximum absolute atomic E-state index is 11.5. The van der Waals surface area contributed by atoms with Gasteiger partial charge in [0.2, 0.25) is 0 Å². The Morgan fingerprint density at radius 1 is 1.11 bits per heavy atom. The van der Waals surface area contributed by atoms with E-state index in [0.29, 0.717) is 17.2 Å². The van der Waals surface area contributed by atoms with Crippen molar-refractivity contribution in [2.45, 2.75) is 13.0 Å². The molecule has 1 saturated heterocycles. The number of hydrogen-bond acceptors (Lipinski definition) is 7. The average Bonchev–Trinajstić information content (AvgIpc) is 2.73. The molecule has 0 bridgehead atoms. The van der Waals surface area contributed by atoms with Gasteiger partial charge in [-0.2, -0.15) is 0 Å². The van der Waals surface area contributed by atoms with Crippen LogP contribution >= 0.6 is 0 Å². The zero-order valence-corrected chi connectivity index (χ0v) is 16.4. The number of nitrogens with zero attached hydrogens (tertiary/aromatic N) is 2. The van der Waals surface area contributed by atoms with Crippen LogP contribution in [-0.2, 0) is 0 Å². The standard InChI is InChI=1S/C20H26N4O4/c1-14(15-10-17(27-2)13-18(11-15)28-3)22-19-12-16(4-5-20(19)24(25)26)23-8-6-21-7-9-23/h4-5,10-14,21-22H,6-9H2,1-3H3. The van der Waals surface area contributed by atoms with Gasteiger partial charge in [-0.25, -0.2) is 0 Å². The Morgan fingerprint density at radius 2 is 1.75 bits per heavy atom. The third-order valence-electron chi connectivity index (χ3n) is 4.90. The molecule has 0 aliphatic carbocycles. The zero-order chi connectivity index (χ0) is 20.1. The van der Waals surface area contributed by atoms with Crippen LogP contribution in [0.25, 0.3) is 0 Å². The monoisotopic (exact) mass is 386 g/mol. The molecule has 8 nitrogen and oxygen atoms in total. The van der Waals surface area contributed by atoms with Gasteiger partial charge in [-0.1, -0.05) is 0 Å². The van der Waals surface area contributed by atoms with Gasteiger partial charge in [0.15, 0.2) is 0 Å². The highest BCUT2D eigenvalue weighted by molar-refractivity contribution is 5.70. The van der Waals surface area contributed by atoms with E-state index in [2.05, 4.69) is 15.5 Å². The molecule has 2 aromatic rings. The van der Waals surface area contributed by atoms with Crippen molar-refractivity contribution in [1.29, 1.82) is 0 Å². The van der Waals surface area contributed by atoms with Crippen molar-refractivity contribution in [2.24, 2.45) is 0 Å². The second-order valence-electron chi connectivity index (χ2n) is 6.71. The van der Waals surface area contributed by atoms with Gasteiger partial charge in [0, 0.05) is 50.0 Å². The molecule has 0 radical (unpaired) electrons. The summed E-state index contributed by atoms with van der Waals surface area (Å²) in [5, 5.41) is 18.1. The number of nitro groups is 1. The number of piperazine rings is 1. The van der Waals surface area contributed by atoms with Crippen molar-refractivity contribution >= 4 is 17.1 Å². The molecule has 0 aromatic heterocycles. The van der Waals surface area contributed by atoms with Crippen LogP contribution in [0.15, 0.2) is 36.4 Å². The molecule has 0 amide bonds. The molecular formula is C20H26N4O4. The van der Waals surface area contributed by atoms with Crippen LogP contribution in [0.5, 0.6) is 11.5 Å². The van der Waals surface area contributed by atoms with Crippen molar-refractivity contribution in [3.05, 3.63) is 52.1 Å². The lowest BCUT2D eigenvalue weighted by Gasteiger charge is -2.30. The van der Waals surface area contributed by atoms with Crippen LogP contribution < -0.4 is 25.0 Å². The van der Waals surface area contributed by atoms with Crippen LogP contribution in [0.4, 0.5) is 17.1 Å². The van der Waals surface area contributed by atoms with Gasteiger partial charge in [0.1, 0.15) is 17.2 Å². The highest BCUT2D eigenvalue weighted by atomic mass is 16.6. The van der Waals surface area contributed by atoms with E-state index < -0.39 is 0 Å². The summed E-state index contributed by atoms with van der Waals surface area (Å²) in [4.78, 5) is 13.4. The quantitative estimate of drug-likeness (QED) is 0.558. The van der Waals surface area contributed by atoms with Crippen molar-refractivity contribution in [2.75, 3.05) is 50.6 Å². The number of benzene rings is 2. The Bertz CT molecular complexity index is 815. The van der Waals surface area contributed by atoms with E-state index in [1.165, 1.54) is 0 Å². The predicted octanol–water partition coefficient (Wildman–Crippen LogP) is 3.19. The molecule has 1 aliphatic heterocycles. The van der Waals surface area contributed by atoms with Crippen LogP contribution in [0, 0.1) is 10.1 Å². The van der Waals surface area contributed by atoms with E-state index in [1.54, 1.807) is 26.4 Å². The summed E-state index contributed by atoms with van der Waals surface area (Å²) in [6, 6.07) is 10.6. The van der Waals surface area contributed by atoms with Gasteiger partial charge >= 0.3 is 0 Å². The van der Waals surface area contributed by atoms with E-state index in [4.69, 9.17) is 9.47 Å². The summed E-state index contributed by atoms with van der Waals surface area (Å²) >= 11 is 0. The molecular weight excluding hydrogens is 360 g/mol. The average molecular weight is 386 g/mol. The van der Waals surface area contributed by atoms with Gasteiger partial charge in [-0.15, -0.1) is 0 Å². The highest BCUT2D eigenvalue weighted by Gasteiger charge is 2.20. The molecule has 3 rings (SSSR count). The summed E-state index contributed by atoms with van der Waals surface area (Å²) < 4.78 is 10.7. The zero-order valence-electron chi connectivity index (χ0n) is 16.4. The fourth-order valence-electron chi connectivity index (χ4n) is 3.31. The molecule has 1 aliphatic rings. The normalized spacial score (nSPS) is 15.0. The van der Waals surface area contributed by atoms with Crippen LogP contribution in [0.1, 0.15) is 18.5 Å². The highest BCUT2D eigenvalue weighted by Crippen LogP contribution is 2.34. The van der Waals surface area contributed by atoms with Gasteiger partial charge in [-0.05, 0) is 36.8 Å². The Morgan fingerprint density at radius 3 is 2.32 bits per heavy atom. The summed E-state index contributed by atoms with van der Waals surface area (Å²) in [5.41, 5.74) is 2.44. The fraction of sp³-hybridized carbons (Fsp3) is 0.400. The Balaban J connectivity index is 1.90. The van der Waals surface area contributed by atoms with E-state index >= 15 is 0 Å². The van der Waals surface area contributed by atoms with Crippen molar-refractivity contribution in [3.63, 3.8) is 0 Å². The van der Waals surface area contributed by atoms with E-state index in [-0.39, 0.29) is 16.7 Å². The topological polar surface area (TPSA) is 88.9 Å². The number of rotatable bonds is 7. The molecule has 1 unspecified atom stereocenters. The molecule has 150 valence electrons. The predicted molar refractivity (Wildman–Crippen MR) is 110 cm³/mol. The molecule has 2 N–H and O–H groups in total. The minimum atomic E-state index is -0.358. The van der Waals surface area contributed by atoms with Crippen LogP contribution in [0.3, 0.4) is 0 Å². The molecule has 28 heavy (non-hydrogen) atoms. The lowest BCUT2D eigenvalue weighted by atomic mass is 10.1. The first-order valence-electron chi connectivity index (χ1n) is 9.25. The third kappa shape index (κ3) is 4.45. The minimum Gasteiger partial charge on any atom is -0.497 e. The number of hydrogen-bond donors (Lipinski definition) is 2. The smallest absolute Gasteiger partial charge is 0.292 e. The largest absolute Gasteiger partial charge is 0.497 e. The molecule has 0 saturated carbocycles. The second kappa shape index (κ2) is 8.79. The van der Waals surface area contributed by atoms with Gasteiger partial charge < -0.3 is 25.0 Å². The SMILES string of the molecule is COc1cc(OC)cc(C(C)Nc2cc(N3CCNCC3)ccc2[N+](=O)[O-])c1. The summed E-state index contributed by atoms with van der Waals surface area (Å²) in [5.74, 6) is 1.35. The lowest BCUT2D eigenvalue weighted by molar-refractivity contribution is -0.384. The maximum atomic E-state index is 11.5. The summed E-state index contributed by atoms with van der Waals surface area (Å²) in [7, 11) is 3.19. The first-order valence-corrected chi connectivity index (χ1v) is 9.25. The molecule has 1 heterocycles. The van der Waals surface area contributed by atoms with Gasteiger partial charge in [0.25, 0.3) is 5.69 Å². The number of anilines is 2. The number of nitro benzene ring substituents is 1. The molecule has 1 atom stereocenters. The summed E-state index contributed by atoms with van der Waals surface area (Å²) in [6.07, 6.45) is 0. The van der Waals surface area contributed by atoms with E-state index in [1.807, 2.05) is 31.2 Å². The molecule has 0 spiro atoms. The third-order valence-corrected chi connectivity index (χ3v) is 4.90. The second-order valence-corrected chi connectivity index (χ2v) is 6.71. The maximum Gasteiger partial charge on any atom is 0.292 e. The van der Waals surface area contributed by atoms with Gasteiger partial charge in [0.05, 0.1) is 19.1 Å². The van der Waals surface area contributed by atoms with Crippen LogP contribution in [-0.4, -0.2) is 45.3 Å². The van der Waals surface area contributed by atoms with Gasteiger partial charge in [-0.3, -0.25) is 10.1 Å². The minimum absolute atomic E-state index is 0.0561.